The Hall–Kier alpha value is -4.04. The number of methoxy groups -OCH3 is 1. The average Bonchev–Trinajstić information content (AvgIpc) is 3.98. The molecule has 5 atom stereocenters. The van der Waals surface area contributed by atoms with Crippen LogP contribution in [0.3, 0.4) is 0 Å². The highest BCUT2D eigenvalue weighted by molar-refractivity contribution is 7.91. The number of aromatic nitrogens is 2. The Balaban J connectivity index is 1.23. The molecule has 1 N–H and O–H groups in total. The molecule has 3 saturated carbocycles. The van der Waals surface area contributed by atoms with Crippen molar-refractivity contribution >= 4 is 50.0 Å². The molecule has 1 aromatic carbocycles. The summed E-state index contributed by atoms with van der Waals surface area (Å²) < 4.78 is 41.5. The SMILES string of the molecule is COc1ccc2c(O[C@@H]3C[C@H]4C(=O)N[C@]5(C([O-])=NS(=O)(=O)C6CC6)C[C@H]5C=CCCCCN(C)C(=O)[C@@H]4C3)cc(-c3nc(C(C)C)cs3)nc2c1C. The van der Waals surface area contributed by atoms with Crippen LogP contribution in [0.1, 0.15) is 82.4 Å². The van der Waals surface area contributed by atoms with E-state index in [0.29, 0.717) is 42.1 Å². The van der Waals surface area contributed by atoms with Crippen LogP contribution >= 0.6 is 11.3 Å². The lowest BCUT2D eigenvalue weighted by Crippen LogP contribution is -2.53. The molecule has 278 valence electrons. The van der Waals surface area contributed by atoms with E-state index < -0.39 is 50.6 Å². The number of hydrogen-bond acceptors (Lipinski definition) is 10. The van der Waals surface area contributed by atoms with Gasteiger partial charge in [-0.15, -0.1) is 11.3 Å². The lowest BCUT2D eigenvalue weighted by atomic mass is 9.93. The molecule has 14 heteroatoms. The second-order valence-electron chi connectivity index (χ2n) is 15.0. The quantitative estimate of drug-likeness (QED) is 0.192. The number of sulfonamides is 1. The van der Waals surface area contributed by atoms with Crippen molar-refractivity contribution in [1.29, 1.82) is 0 Å². The van der Waals surface area contributed by atoms with Gasteiger partial charge < -0.3 is 24.8 Å². The van der Waals surface area contributed by atoms with Gasteiger partial charge in [-0.25, -0.2) is 18.4 Å². The number of carbonyl (C=O) groups excluding carboxylic acids is 2. The molecule has 0 radical (unpaired) electrons. The summed E-state index contributed by atoms with van der Waals surface area (Å²) in [4.78, 5) is 39.8. The molecule has 0 unspecified atom stereocenters. The van der Waals surface area contributed by atoms with E-state index in [2.05, 4.69) is 23.6 Å². The summed E-state index contributed by atoms with van der Waals surface area (Å²) in [5, 5.41) is 19.4. The third-order valence-electron chi connectivity index (χ3n) is 10.9. The minimum atomic E-state index is -3.95. The van der Waals surface area contributed by atoms with Gasteiger partial charge in [-0.1, -0.05) is 26.0 Å². The van der Waals surface area contributed by atoms with Crippen LogP contribution in [0.4, 0.5) is 0 Å². The van der Waals surface area contributed by atoms with E-state index >= 15 is 0 Å². The smallest absolute Gasteiger partial charge is 0.255 e. The number of nitrogens with one attached hydrogen (secondary N) is 1. The van der Waals surface area contributed by atoms with Gasteiger partial charge in [0.25, 0.3) is 10.0 Å². The molecule has 3 heterocycles. The predicted molar refractivity (Wildman–Crippen MR) is 198 cm³/mol. The zero-order chi connectivity index (χ0) is 36.9. The Labute approximate surface area is 308 Å². The molecule has 4 aliphatic rings. The van der Waals surface area contributed by atoms with Crippen LogP contribution < -0.4 is 19.9 Å². The first kappa shape index (κ1) is 36.3. The summed E-state index contributed by atoms with van der Waals surface area (Å²) in [5.41, 5.74) is 1.73. The molecule has 3 fully saturated rings. The lowest BCUT2D eigenvalue weighted by molar-refractivity contribution is -0.222. The Bertz CT molecular complexity index is 2060. The second kappa shape index (κ2) is 14.1. The number of amides is 2. The lowest BCUT2D eigenvalue weighted by Gasteiger charge is -2.29. The average molecular weight is 749 g/mol. The number of rotatable bonds is 8. The van der Waals surface area contributed by atoms with Gasteiger partial charge in [0.05, 0.1) is 40.9 Å². The number of nitrogens with zero attached hydrogens (tertiary/aromatic N) is 4. The highest BCUT2D eigenvalue weighted by Gasteiger charge is 2.57. The molecule has 3 aliphatic carbocycles. The number of pyridine rings is 1. The van der Waals surface area contributed by atoms with E-state index in [4.69, 9.17) is 19.4 Å². The number of allylic oxidation sites excluding steroid dienone is 1. The number of thiazole rings is 1. The second-order valence-corrected chi connectivity index (χ2v) is 17.8. The highest BCUT2D eigenvalue weighted by Crippen LogP contribution is 2.47. The maximum Gasteiger partial charge on any atom is 0.255 e. The number of carbonyl (C=O) groups is 2. The van der Waals surface area contributed by atoms with Crippen molar-refractivity contribution in [3.8, 4) is 22.2 Å². The van der Waals surface area contributed by atoms with Crippen LogP contribution in [-0.4, -0.2) is 78.6 Å². The van der Waals surface area contributed by atoms with E-state index in [-0.39, 0.29) is 37.0 Å². The van der Waals surface area contributed by atoms with E-state index in [9.17, 15) is 23.1 Å². The molecule has 0 bridgehead atoms. The summed E-state index contributed by atoms with van der Waals surface area (Å²) in [6.45, 7) is 6.68. The summed E-state index contributed by atoms with van der Waals surface area (Å²) in [5.74, 6) is -1.85. The van der Waals surface area contributed by atoms with E-state index in [1.807, 2.05) is 42.7 Å². The van der Waals surface area contributed by atoms with Crippen LogP contribution in [0.2, 0.25) is 0 Å². The van der Waals surface area contributed by atoms with Crippen LogP contribution in [-0.2, 0) is 19.6 Å². The molecular formula is C38H46N5O7S2-. The van der Waals surface area contributed by atoms with Gasteiger partial charge in [-0.2, -0.15) is 4.40 Å². The normalized spacial score (nSPS) is 27.3. The van der Waals surface area contributed by atoms with Gasteiger partial charge in [-0.3, -0.25) is 9.59 Å². The minimum Gasteiger partial charge on any atom is -0.859 e. The largest absolute Gasteiger partial charge is 0.859 e. The zero-order valence-electron chi connectivity index (χ0n) is 30.3. The van der Waals surface area contributed by atoms with Crippen LogP contribution in [0.25, 0.3) is 21.6 Å². The number of fused-ring (bicyclic) bond motifs is 3. The fourth-order valence-electron chi connectivity index (χ4n) is 7.48. The summed E-state index contributed by atoms with van der Waals surface area (Å²) >= 11 is 1.51. The van der Waals surface area contributed by atoms with Crippen molar-refractivity contribution < 1.29 is 32.6 Å². The third-order valence-corrected chi connectivity index (χ3v) is 13.5. The van der Waals surface area contributed by atoms with Crippen LogP contribution in [0, 0.1) is 24.7 Å². The van der Waals surface area contributed by atoms with Gasteiger partial charge in [0, 0.05) is 47.8 Å². The first-order valence-corrected chi connectivity index (χ1v) is 20.5. The fourth-order valence-corrected chi connectivity index (χ4v) is 9.70. The number of ether oxygens (including phenoxy) is 2. The molecule has 3 aromatic rings. The topological polar surface area (TPSA) is 163 Å². The molecule has 2 aromatic heterocycles. The molecule has 12 nitrogen and oxygen atoms in total. The number of aryl methyl sites for hydroxylation is 1. The van der Waals surface area contributed by atoms with Crippen molar-refractivity contribution in [2.75, 3.05) is 20.7 Å². The molecule has 7 rings (SSSR count). The predicted octanol–water partition coefficient (Wildman–Crippen LogP) is 4.90. The van der Waals surface area contributed by atoms with Crippen molar-refractivity contribution in [3.63, 3.8) is 0 Å². The van der Waals surface area contributed by atoms with Crippen molar-refractivity contribution in [2.45, 2.75) is 94.9 Å². The molecule has 52 heavy (non-hydrogen) atoms. The van der Waals surface area contributed by atoms with Crippen molar-refractivity contribution in [1.82, 2.24) is 20.2 Å². The molecule has 0 saturated heterocycles. The van der Waals surface area contributed by atoms with E-state index in [1.165, 1.54) is 11.3 Å². The Kier molecular flexibility index (Phi) is 9.83. The summed E-state index contributed by atoms with van der Waals surface area (Å²) in [6.07, 6.45) is 7.44. The number of hydrogen-bond donors (Lipinski definition) is 1. The van der Waals surface area contributed by atoms with Gasteiger partial charge >= 0.3 is 0 Å². The van der Waals surface area contributed by atoms with Crippen LogP contribution in [0.5, 0.6) is 11.5 Å². The Morgan fingerprint density at radius 1 is 1.13 bits per heavy atom. The standard InChI is InChI=1S/C38H47N5O7S2/c1-21(2)30-20-51-35(40-30)29-18-32(26-13-14-31(49-5)22(3)33(26)39-29)50-24-16-27-28(17-24)36(45)43(4)15-9-7-6-8-10-23-19-38(23,41-34(27)44)37(46)42-52(47,48)25-11-12-25/h8,10,13-14,18,20-21,23-25,27-28H,6-7,9,11-12,15-17,19H2,1-5H3,(H,41,44)(H,42,46)/p-1/t23-,24-,27-,28-,38-/m1/s1. The first-order valence-electron chi connectivity index (χ1n) is 18.2. The van der Waals surface area contributed by atoms with Crippen LogP contribution in [0.15, 0.2) is 40.1 Å². The Morgan fingerprint density at radius 3 is 2.62 bits per heavy atom. The molecule has 0 spiro atoms. The fraction of sp³-hybridized carbons (Fsp3) is 0.553. The number of benzene rings is 1. The van der Waals surface area contributed by atoms with Gasteiger partial charge in [-0.05, 0) is 76.3 Å². The monoisotopic (exact) mass is 748 g/mol. The maximum absolute atomic E-state index is 14.3. The highest BCUT2D eigenvalue weighted by atomic mass is 32.2. The molecule has 1 aliphatic heterocycles. The van der Waals surface area contributed by atoms with E-state index in [0.717, 1.165) is 40.9 Å². The zero-order valence-corrected chi connectivity index (χ0v) is 31.9. The molecule has 2 amide bonds. The van der Waals surface area contributed by atoms with E-state index in [1.54, 1.807) is 19.1 Å². The van der Waals surface area contributed by atoms with Gasteiger partial charge in [0.1, 0.15) is 28.3 Å². The minimum absolute atomic E-state index is 0.155. The Morgan fingerprint density at radius 2 is 1.90 bits per heavy atom. The van der Waals surface area contributed by atoms with Gasteiger partial charge in [0.15, 0.2) is 0 Å². The van der Waals surface area contributed by atoms with Crippen molar-refractivity contribution in [3.05, 3.63) is 47.0 Å². The summed E-state index contributed by atoms with van der Waals surface area (Å²) in [7, 11) is -0.577. The molecular weight excluding hydrogens is 703 g/mol. The maximum atomic E-state index is 14.3. The summed E-state index contributed by atoms with van der Waals surface area (Å²) in [6, 6.07) is 5.65. The first-order chi connectivity index (χ1) is 24.8. The third kappa shape index (κ3) is 7.03. The van der Waals surface area contributed by atoms with Crippen molar-refractivity contribution in [2.24, 2.45) is 22.2 Å². The van der Waals surface area contributed by atoms with Gasteiger partial charge in [0.2, 0.25) is 11.8 Å².